The lowest BCUT2D eigenvalue weighted by Gasteiger charge is -2.11. The second kappa shape index (κ2) is 6.00. The molecule has 0 aliphatic carbocycles. The average Bonchev–Trinajstić information content (AvgIpc) is 2.36. The fourth-order valence-corrected chi connectivity index (χ4v) is 1.02. The van der Waals surface area contributed by atoms with Gasteiger partial charge in [-0.1, -0.05) is 0 Å². The minimum Gasteiger partial charge on any atom is -0.481 e. The largest absolute Gasteiger partial charge is 0.481 e. The molecule has 1 unspecified atom stereocenters. The van der Waals surface area contributed by atoms with Crippen molar-refractivity contribution in [2.75, 3.05) is 26.6 Å². The van der Waals surface area contributed by atoms with Crippen molar-refractivity contribution in [1.29, 1.82) is 0 Å². The molecule has 0 saturated carbocycles. The van der Waals surface area contributed by atoms with Crippen LogP contribution in [0.4, 0.5) is 5.95 Å². The van der Waals surface area contributed by atoms with Crippen molar-refractivity contribution in [3.63, 3.8) is 0 Å². The maximum absolute atomic E-state index is 11.6. The Labute approximate surface area is 99.5 Å². The van der Waals surface area contributed by atoms with Crippen LogP contribution in [0.2, 0.25) is 0 Å². The number of nitrogens with zero attached hydrogens (tertiary/aromatic N) is 2. The van der Waals surface area contributed by atoms with Gasteiger partial charge >= 0.3 is 0 Å². The Balaban J connectivity index is 2.86. The number of aromatic nitrogens is 2. The number of methoxy groups -OCH3 is 2. The molecular weight excluding hydrogens is 224 g/mol. The molecular formula is C10H16N4O3. The first-order valence-electron chi connectivity index (χ1n) is 5.06. The Hall–Kier alpha value is -1.89. The smallest absolute Gasteiger partial charge is 0.243 e. The number of carbonyl (C=O) groups is 1. The van der Waals surface area contributed by atoms with Crippen LogP contribution in [0.15, 0.2) is 6.07 Å². The van der Waals surface area contributed by atoms with Gasteiger partial charge < -0.3 is 14.8 Å². The Morgan fingerprint density at radius 2 is 1.82 bits per heavy atom. The molecule has 0 aromatic carbocycles. The number of hydrogen-bond donors (Lipinski definition) is 2. The van der Waals surface area contributed by atoms with E-state index < -0.39 is 0 Å². The molecule has 0 radical (unpaired) electrons. The second-order valence-corrected chi connectivity index (χ2v) is 3.28. The number of ether oxygens (including phenoxy) is 2. The standard InChI is InChI=1S/C10H16N4O3/c1-6(11-2)9(15)14-10-12-7(16-3)5-8(13-10)17-4/h5-6,11H,1-4H3,(H,12,13,14,15). The van der Waals surface area contributed by atoms with E-state index in [-0.39, 0.29) is 17.9 Å². The van der Waals surface area contributed by atoms with E-state index in [1.165, 1.54) is 20.3 Å². The van der Waals surface area contributed by atoms with Crippen molar-refractivity contribution in [1.82, 2.24) is 15.3 Å². The van der Waals surface area contributed by atoms with Crippen LogP contribution in [0.3, 0.4) is 0 Å². The zero-order chi connectivity index (χ0) is 12.8. The van der Waals surface area contributed by atoms with Gasteiger partial charge in [0.25, 0.3) is 0 Å². The summed E-state index contributed by atoms with van der Waals surface area (Å²) in [6, 6.07) is 1.19. The first kappa shape index (κ1) is 13.2. The van der Waals surface area contributed by atoms with E-state index in [2.05, 4.69) is 20.6 Å². The highest BCUT2D eigenvalue weighted by Crippen LogP contribution is 2.17. The summed E-state index contributed by atoms with van der Waals surface area (Å²) >= 11 is 0. The fourth-order valence-electron chi connectivity index (χ4n) is 1.02. The second-order valence-electron chi connectivity index (χ2n) is 3.28. The molecule has 7 nitrogen and oxygen atoms in total. The SMILES string of the molecule is CNC(C)C(=O)Nc1nc(OC)cc(OC)n1. The molecule has 1 heterocycles. The number of hydrogen-bond acceptors (Lipinski definition) is 6. The Kier molecular flexibility index (Phi) is 4.65. The molecule has 1 aromatic heterocycles. The Bertz CT molecular complexity index is 375. The van der Waals surface area contributed by atoms with E-state index >= 15 is 0 Å². The van der Waals surface area contributed by atoms with Crippen LogP contribution in [0.1, 0.15) is 6.92 Å². The highest BCUT2D eigenvalue weighted by atomic mass is 16.5. The molecule has 0 aliphatic rings. The van der Waals surface area contributed by atoms with Gasteiger partial charge in [0.1, 0.15) is 0 Å². The van der Waals surface area contributed by atoms with Gasteiger partial charge in [-0.05, 0) is 14.0 Å². The van der Waals surface area contributed by atoms with Gasteiger partial charge in [0.05, 0.1) is 26.3 Å². The molecule has 1 amide bonds. The minimum atomic E-state index is -0.337. The first-order chi connectivity index (χ1) is 8.10. The van der Waals surface area contributed by atoms with Crippen LogP contribution in [0.25, 0.3) is 0 Å². The molecule has 94 valence electrons. The predicted molar refractivity (Wildman–Crippen MR) is 62.3 cm³/mol. The van der Waals surface area contributed by atoms with Gasteiger partial charge in [-0.25, -0.2) is 0 Å². The third kappa shape index (κ3) is 3.56. The molecule has 0 aliphatic heterocycles. The first-order valence-corrected chi connectivity index (χ1v) is 5.06. The van der Waals surface area contributed by atoms with Crippen LogP contribution < -0.4 is 20.1 Å². The van der Waals surface area contributed by atoms with Gasteiger partial charge in [-0.2, -0.15) is 9.97 Å². The van der Waals surface area contributed by atoms with Gasteiger partial charge in [0.2, 0.25) is 23.6 Å². The third-order valence-corrected chi connectivity index (χ3v) is 2.16. The minimum absolute atomic E-state index is 0.147. The Morgan fingerprint density at radius 3 is 2.24 bits per heavy atom. The van der Waals surface area contributed by atoms with Crippen LogP contribution in [-0.2, 0) is 4.79 Å². The molecule has 1 atom stereocenters. The van der Waals surface area contributed by atoms with Crippen LogP contribution in [0, 0.1) is 0 Å². The summed E-state index contributed by atoms with van der Waals surface area (Å²) in [5.74, 6) is 0.560. The zero-order valence-corrected chi connectivity index (χ0v) is 10.3. The van der Waals surface area contributed by atoms with Crippen molar-refractivity contribution in [3.8, 4) is 11.8 Å². The fraction of sp³-hybridized carbons (Fsp3) is 0.500. The molecule has 2 N–H and O–H groups in total. The predicted octanol–water partition coefficient (Wildman–Crippen LogP) is 0.0402. The van der Waals surface area contributed by atoms with Crippen LogP contribution in [0.5, 0.6) is 11.8 Å². The van der Waals surface area contributed by atoms with E-state index in [1.807, 2.05) is 0 Å². The Morgan fingerprint density at radius 1 is 1.29 bits per heavy atom. The summed E-state index contributed by atoms with van der Waals surface area (Å²) < 4.78 is 9.94. The quantitative estimate of drug-likeness (QED) is 0.756. The molecule has 1 aromatic rings. The number of likely N-dealkylation sites (N-methyl/N-ethyl adjacent to an activating group) is 1. The summed E-state index contributed by atoms with van der Waals surface area (Å²) in [6.45, 7) is 1.73. The lowest BCUT2D eigenvalue weighted by Crippen LogP contribution is -2.36. The molecule has 0 fully saturated rings. The summed E-state index contributed by atoms with van der Waals surface area (Å²) in [6.07, 6.45) is 0. The van der Waals surface area contributed by atoms with Crippen molar-refractivity contribution >= 4 is 11.9 Å². The van der Waals surface area contributed by atoms with Crippen molar-refractivity contribution in [2.24, 2.45) is 0 Å². The topological polar surface area (TPSA) is 85.4 Å². The molecule has 0 bridgehead atoms. The molecule has 0 spiro atoms. The normalized spacial score (nSPS) is 11.8. The number of amides is 1. The van der Waals surface area contributed by atoms with E-state index in [0.29, 0.717) is 11.8 Å². The van der Waals surface area contributed by atoms with Crippen molar-refractivity contribution in [2.45, 2.75) is 13.0 Å². The van der Waals surface area contributed by atoms with Gasteiger partial charge in [0.15, 0.2) is 0 Å². The average molecular weight is 240 g/mol. The highest BCUT2D eigenvalue weighted by molar-refractivity contribution is 5.93. The van der Waals surface area contributed by atoms with Crippen molar-refractivity contribution in [3.05, 3.63) is 6.07 Å². The van der Waals surface area contributed by atoms with E-state index in [4.69, 9.17) is 9.47 Å². The maximum Gasteiger partial charge on any atom is 0.243 e. The molecule has 1 rings (SSSR count). The van der Waals surface area contributed by atoms with Crippen molar-refractivity contribution < 1.29 is 14.3 Å². The van der Waals surface area contributed by atoms with E-state index in [9.17, 15) is 4.79 Å². The van der Waals surface area contributed by atoms with Gasteiger partial charge in [-0.3, -0.25) is 10.1 Å². The number of anilines is 1. The maximum atomic E-state index is 11.6. The number of carbonyl (C=O) groups excluding carboxylic acids is 1. The summed E-state index contributed by atoms with van der Waals surface area (Å²) in [7, 11) is 4.64. The van der Waals surface area contributed by atoms with Gasteiger partial charge in [0, 0.05) is 0 Å². The van der Waals surface area contributed by atoms with E-state index in [1.54, 1.807) is 14.0 Å². The third-order valence-electron chi connectivity index (χ3n) is 2.16. The highest BCUT2D eigenvalue weighted by Gasteiger charge is 2.13. The van der Waals surface area contributed by atoms with Gasteiger partial charge in [-0.15, -0.1) is 0 Å². The number of nitrogens with one attached hydrogen (secondary N) is 2. The van der Waals surface area contributed by atoms with Crippen LogP contribution >= 0.6 is 0 Å². The lowest BCUT2D eigenvalue weighted by molar-refractivity contribution is -0.117. The number of rotatable bonds is 5. The van der Waals surface area contributed by atoms with Crippen LogP contribution in [-0.4, -0.2) is 43.2 Å². The molecule has 17 heavy (non-hydrogen) atoms. The molecule has 0 saturated heterocycles. The molecule has 7 heteroatoms. The summed E-state index contributed by atoms with van der Waals surface area (Å²) in [4.78, 5) is 19.6. The lowest BCUT2D eigenvalue weighted by atomic mass is 10.3. The monoisotopic (exact) mass is 240 g/mol. The van der Waals surface area contributed by atoms with E-state index in [0.717, 1.165) is 0 Å². The summed E-state index contributed by atoms with van der Waals surface area (Å²) in [5, 5.41) is 5.37. The zero-order valence-electron chi connectivity index (χ0n) is 10.3. The summed E-state index contributed by atoms with van der Waals surface area (Å²) in [5.41, 5.74) is 0.